The molecular weight excluding hydrogens is 417 g/mol. The van der Waals surface area contributed by atoms with Gasteiger partial charge in [-0.2, -0.15) is 0 Å². The summed E-state index contributed by atoms with van der Waals surface area (Å²) in [7, 11) is 0. The zero-order valence-electron chi connectivity index (χ0n) is 12.1. The number of aromatic nitrogens is 2. The molecule has 0 radical (unpaired) electrons. The lowest BCUT2D eigenvalue weighted by atomic mass is 10.1. The van der Waals surface area contributed by atoms with Gasteiger partial charge < -0.3 is 11.1 Å². The van der Waals surface area contributed by atoms with Gasteiger partial charge in [0.2, 0.25) is 0 Å². The number of nitrogens with two attached hydrogens (primary N) is 1. The first-order valence-corrected chi connectivity index (χ1v) is 8.12. The molecule has 21 heavy (non-hydrogen) atoms. The molecule has 1 heterocycles. The Morgan fingerprint density at radius 3 is 2.52 bits per heavy atom. The third-order valence-electron chi connectivity index (χ3n) is 2.50. The first-order chi connectivity index (χ1) is 9.56. The van der Waals surface area contributed by atoms with Gasteiger partial charge in [-0.05, 0) is 43.4 Å². The highest BCUT2D eigenvalue weighted by Gasteiger charge is 2.03. The van der Waals surface area contributed by atoms with Crippen LogP contribution < -0.4 is 11.1 Å². The van der Waals surface area contributed by atoms with Crippen molar-refractivity contribution in [2.24, 2.45) is 10.7 Å². The van der Waals surface area contributed by atoms with E-state index in [4.69, 9.17) is 5.73 Å². The third kappa shape index (κ3) is 5.79. The number of benzene rings is 1. The van der Waals surface area contributed by atoms with Gasteiger partial charge >= 0.3 is 0 Å². The maximum Gasteiger partial charge on any atom is 0.193 e. The second-order valence-corrected chi connectivity index (χ2v) is 6.48. The molecule has 0 spiro atoms. The number of anilines is 1. The number of hydrogen-bond acceptors (Lipinski definition) is 5. The van der Waals surface area contributed by atoms with Crippen LogP contribution in [0.2, 0.25) is 0 Å². The molecule has 0 aliphatic rings. The van der Waals surface area contributed by atoms with Crippen LogP contribution >= 0.6 is 47.1 Å². The summed E-state index contributed by atoms with van der Waals surface area (Å²) in [4.78, 5) is 4.28. The number of nitrogens with one attached hydrogen (secondary N) is 1. The van der Waals surface area contributed by atoms with E-state index in [0.717, 1.165) is 15.0 Å². The fraction of sp³-hybridized carbons (Fsp3) is 0.308. The summed E-state index contributed by atoms with van der Waals surface area (Å²) in [5.74, 6) is 0.385. The van der Waals surface area contributed by atoms with Crippen molar-refractivity contribution in [2.75, 3.05) is 11.6 Å². The Balaban J connectivity index is 0.00000220. The van der Waals surface area contributed by atoms with Crippen molar-refractivity contribution < 1.29 is 0 Å². The van der Waals surface area contributed by atoms with Crippen LogP contribution in [0, 0.1) is 13.8 Å². The molecular formula is C13H18IN5S2. The summed E-state index contributed by atoms with van der Waals surface area (Å²) in [5.41, 5.74) is 9.21. The zero-order chi connectivity index (χ0) is 14.5. The number of aryl methyl sites for hydroxylation is 2. The van der Waals surface area contributed by atoms with Gasteiger partial charge in [0.15, 0.2) is 10.3 Å². The van der Waals surface area contributed by atoms with Gasteiger partial charge in [0.05, 0.1) is 6.54 Å². The average molecular weight is 435 g/mol. The van der Waals surface area contributed by atoms with E-state index in [1.54, 1.807) is 11.8 Å². The number of rotatable bonds is 4. The Labute approximate surface area is 149 Å². The Kier molecular flexibility index (Phi) is 7.40. The van der Waals surface area contributed by atoms with E-state index >= 15 is 0 Å². The van der Waals surface area contributed by atoms with Crippen LogP contribution in [0.1, 0.15) is 16.1 Å². The van der Waals surface area contributed by atoms with Crippen LogP contribution in [0.4, 0.5) is 5.69 Å². The van der Waals surface area contributed by atoms with Crippen molar-refractivity contribution in [1.82, 2.24) is 10.2 Å². The lowest BCUT2D eigenvalue weighted by molar-refractivity contribution is 0.926. The summed E-state index contributed by atoms with van der Waals surface area (Å²) in [6, 6.07) is 6.18. The van der Waals surface area contributed by atoms with Gasteiger partial charge in [-0.25, -0.2) is 4.99 Å². The molecule has 0 amide bonds. The summed E-state index contributed by atoms with van der Waals surface area (Å²) < 4.78 is 0.941. The Morgan fingerprint density at radius 1 is 1.29 bits per heavy atom. The molecule has 8 heteroatoms. The molecule has 0 saturated carbocycles. The van der Waals surface area contributed by atoms with E-state index in [2.05, 4.69) is 40.4 Å². The Bertz CT molecular complexity index is 607. The predicted octanol–water partition coefficient (Wildman–Crippen LogP) is 3.42. The molecule has 0 fully saturated rings. The molecule has 0 unspecified atom stereocenters. The van der Waals surface area contributed by atoms with Crippen molar-refractivity contribution in [2.45, 2.75) is 24.7 Å². The molecule has 3 N–H and O–H groups in total. The second-order valence-electron chi connectivity index (χ2n) is 4.37. The topological polar surface area (TPSA) is 76.2 Å². The van der Waals surface area contributed by atoms with E-state index in [1.165, 1.54) is 22.5 Å². The molecule has 0 saturated heterocycles. The van der Waals surface area contributed by atoms with Gasteiger partial charge in [-0.1, -0.05) is 29.2 Å². The quantitative estimate of drug-likeness (QED) is 0.333. The number of guanidine groups is 1. The molecule has 0 atom stereocenters. The number of thioether (sulfide) groups is 1. The van der Waals surface area contributed by atoms with Crippen molar-refractivity contribution in [3.63, 3.8) is 0 Å². The van der Waals surface area contributed by atoms with Crippen molar-refractivity contribution in [3.8, 4) is 0 Å². The molecule has 2 rings (SSSR count). The minimum absolute atomic E-state index is 0. The number of aliphatic imine (C=N–C) groups is 1. The minimum Gasteiger partial charge on any atom is -0.370 e. The van der Waals surface area contributed by atoms with Gasteiger partial charge in [0.25, 0.3) is 0 Å². The van der Waals surface area contributed by atoms with Crippen LogP contribution in [0.3, 0.4) is 0 Å². The molecule has 0 bridgehead atoms. The van der Waals surface area contributed by atoms with E-state index in [1.807, 2.05) is 18.4 Å². The fourth-order valence-electron chi connectivity index (χ4n) is 1.77. The molecule has 0 aliphatic carbocycles. The standard InChI is InChI=1S/C13H17N5S2.HI/c1-8-4-9(2)6-10(5-8)16-12(14)15-7-11-17-18-13(19-3)20-11;/h4-6H,7H2,1-3H3,(H3,14,15,16);1H. The SMILES string of the molecule is CSc1nnc(CN=C(N)Nc2cc(C)cc(C)c2)s1.I. The molecule has 1 aromatic carbocycles. The van der Waals surface area contributed by atoms with Gasteiger partial charge in [-0.15, -0.1) is 34.2 Å². The van der Waals surface area contributed by atoms with Gasteiger partial charge in [0, 0.05) is 5.69 Å². The maximum atomic E-state index is 5.88. The fourth-order valence-corrected chi connectivity index (χ4v) is 3.01. The van der Waals surface area contributed by atoms with Crippen molar-refractivity contribution in [3.05, 3.63) is 34.3 Å². The molecule has 2 aromatic rings. The van der Waals surface area contributed by atoms with Crippen LogP contribution in [0.15, 0.2) is 27.5 Å². The van der Waals surface area contributed by atoms with Crippen LogP contribution in [0.25, 0.3) is 0 Å². The van der Waals surface area contributed by atoms with Crippen molar-refractivity contribution >= 4 is 58.7 Å². The molecule has 114 valence electrons. The zero-order valence-corrected chi connectivity index (χ0v) is 16.0. The molecule has 5 nitrogen and oxygen atoms in total. The minimum atomic E-state index is 0. The third-order valence-corrected chi connectivity index (χ3v) is 4.39. The highest BCUT2D eigenvalue weighted by molar-refractivity contribution is 14.0. The smallest absolute Gasteiger partial charge is 0.193 e. The van der Waals surface area contributed by atoms with E-state index in [-0.39, 0.29) is 24.0 Å². The van der Waals surface area contributed by atoms with Crippen LogP contribution in [0.5, 0.6) is 0 Å². The first kappa shape index (κ1) is 18.2. The number of halogens is 1. The highest BCUT2D eigenvalue weighted by atomic mass is 127. The Morgan fingerprint density at radius 2 is 1.95 bits per heavy atom. The monoisotopic (exact) mass is 435 g/mol. The summed E-state index contributed by atoms with van der Waals surface area (Å²) in [6.07, 6.45) is 1.98. The van der Waals surface area contributed by atoms with E-state index in [9.17, 15) is 0 Å². The van der Waals surface area contributed by atoms with Crippen molar-refractivity contribution in [1.29, 1.82) is 0 Å². The summed E-state index contributed by atoms with van der Waals surface area (Å²) in [6.45, 7) is 4.55. The first-order valence-electron chi connectivity index (χ1n) is 6.08. The largest absolute Gasteiger partial charge is 0.370 e. The summed E-state index contributed by atoms with van der Waals surface area (Å²) >= 11 is 3.12. The number of nitrogens with zero attached hydrogens (tertiary/aromatic N) is 3. The van der Waals surface area contributed by atoms with Gasteiger partial charge in [-0.3, -0.25) is 0 Å². The van der Waals surface area contributed by atoms with Crippen LogP contribution in [-0.4, -0.2) is 22.4 Å². The molecule has 1 aromatic heterocycles. The maximum absolute atomic E-state index is 5.88. The number of hydrogen-bond donors (Lipinski definition) is 2. The lowest BCUT2D eigenvalue weighted by Crippen LogP contribution is -2.22. The predicted molar refractivity (Wildman–Crippen MR) is 102 cm³/mol. The Hall–Kier alpha value is -0.870. The lowest BCUT2D eigenvalue weighted by Gasteiger charge is -2.07. The van der Waals surface area contributed by atoms with Gasteiger partial charge in [0.1, 0.15) is 5.01 Å². The summed E-state index contributed by atoms with van der Waals surface area (Å²) in [5, 5.41) is 12.0. The highest BCUT2D eigenvalue weighted by Crippen LogP contribution is 2.20. The normalized spacial score (nSPS) is 11.1. The average Bonchev–Trinajstić information content (AvgIpc) is 2.83. The van der Waals surface area contributed by atoms with Crippen LogP contribution in [-0.2, 0) is 6.54 Å². The second kappa shape index (κ2) is 8.54. The van der Waals surface area contributed by atoms with E-state index in [0.29, 0.717) is 12.5 Å². The molecule has 0 aliphatic heterocycles. The van der Waals surface area contributed by atoms with E-state index < -0.39 is 0 Å².